The largest absolute Gasteiger partial charge is 0.471 e. The van der Waals surface area contributed by atoms with Crippen LogP contribution in [0.3, 0.4) is 0 Å². The van der Waals surface area contributed by atoms with Gasteiger partial charge in [0, 0.05) is 18.0 Å². The van der Waals surface area contributed by atoms with Crippen molar-refractivity contribution < 1.29 is 17.7 Å². The second-order valence-corrected chi connectivity index (χ2v) is 4.34. The molecule has 3 rings (SSSR count). The lowest BCUT2D eigenvalue weighted by Gasteiger charge is -2.02. The number of alkyl halides is 3. The van der Waals surface area contributed by atoms with Gasteiger partial charge in [-0.25, -0.2) is 9.97 Å². The lowest BCUT2D eigenvalue weighted by molar-refractivity contribution is -0.159. The molecule has 0 aromatic carbocycles. The monoisotopic (exact) mass is 307 g/mol. The van der Waals surface area contributed by atoms with Gasteiger partial charge >= 0.3 is 12.1 Å². The van der Waals surface area contributed by atoms with Crippen LogP contribution in [0.2, 0.25) is 0 Å². The van der Waals surface area contributed by atoms with Crippen molar-refractivity contribution >= 4 is 0 Å². The van der Waals surface area contributed by atoms with Crippen molar-refractivity contribution in [3.05, 3.63) is 42.3 Å². The molecule has 0 saturated carbocycles. The van der Waals surface area contributed by atoms with Crippen molar-refractivity contribution in [1.82, 2.24) is 25.1 Å². The topological polar surface area (TPSA) is 77.6 Å². The number of hydrogen-bond acceptors (Lipinski definition) is 6. The van der Waals surface area contributed by atoms with Gasteiger partial charge in [0.15, 0.2) is 0 Å². The Labute approximate surface area is 122 Å². The van der Waals surface area contributed by atoms with E-state index >= 15 is 0 Å². The quantitative estimate of drug-likeness (QED) is 0.724. The fourth-order valence-corrected chi connectivity index (χ4v) is 1.76. The smallest absolute Gasteiger partial charge is 0.329 e. The molecule has 3 aromatic heterocycles. The summed E-state index contributed by atoms with van der Waals surface area (Å²) in [6, 6.07) is 4.67. The molecule has 0 radical (unpaired) electrons. The highest BCUT2D eigenvalue weighted by atomic mass is 19.4. The van der Waals surface area contributed by atoms with Gasteiger partial charge in [0.1, 0.15) is 5.82 Å². The summed E-state index contributed by atoms with van der Waals surface area (Å²) in [4.78, 5) is 15.7. The number of aryl methyl sites for hydroxylation is 1. The number of halogens is 3. The first-order valence-corrected chi connectivity index (χ1v) is 6.11. The van der Waals surface area contributed by atoms with Gasteiger partial charge < -0.3 is 4.52 Å². The molecule has 0 atom stereocenters. The van der Waals surface area contributed by atoms with E-state index in [2.05, 4.69) is 29.6 Å². The SMILES string of the molecule is Cc1nccc(-c2cc(-c3noc(C(F)(F)F)n3)ccn2)n1. The molecule has 0 unspecified atom stereocenters. The Morgan fingerprint density at radius 2 is 1.77 bits per heavy atom. The first-order valence-electron chi connectivity index (χ1n) is 6.11. The van der Waals surface area contributed by atoms with Crippen LogP contribution in [0.4, 0.5) is 13.2 Å². The maximum absolute atomic E-state index is 12.5. The molecule has 0 bridgehead atoms. The third-order valence-corrected chi connectivity index (χ3v) is 2.73. The zero-order valence-corrected chi connectivity index (χ0v) is 11.2. The van der Waals surface area contributed by atoms with Gasteiger partial charge in [-0.15, -0.1) is 0 Å². The van der Waals surface area contributed by atoms with Crippen LogP contribution in [-0.4, -0.2) is 25.1 Å². The van der Waals surface area contributed by atoms with Crippen LogP contribution < -0.4 is 0 Å². The maximum atomic E-state index is 12.5. The third-order valence-electron chi connectivity index (χ3n) is 2.73. The molecule has 0 aliphatic rings. The van der Waals surface area contributed by atoms with Crippen LogP contribution in [0.5, 0.6) is 0 Å². The summed E-state index contributed by atoms with van der Waals surface area (Å²) >= 11 is 0. The molecular weight excluding hydrogens is 299 g/mol. The van der Waals surface area contributed by atoms with E-state index in [0.29, 0.717) is 22.8 Å². The average Bonchev–Trinajstić information content (AvgIpc) is 2.97. The maximum Gasteiger partial charge on any atom is 0.471 e. The molecule has 112 valence electrons. The zero-order valence-electron chi connectivity index (χ0n) is 11.2. The van der Waals surface area contributed by atoms with Crippen LogP contribution in [0, 0.1) is 6.92 Å². The van der Waals surface area contributed by atoms with E-state index in [1.165, 1.54) is 18.3 Å². The first kappa shape index (κ1) is 14.1. The van der Waals surface area contributed by atoms with Gasteiger partial charge in [-0.3, -0.25) is 4.98 Å². The molecule has 0 aliphatic heterocycles. The summed E-state index contributed by atoms with van der Waals surface area (Å²) in [5, 5.41) is 3.34. The molecule has 9 heteroatoms. The van der Waals surface area contributed by atoms with Crippen molar-refractivity contribution in [2.24, 2.45) is 0 Å². The minimum absolute atomic E-state index is 0.165. The highest BCUT2D eigenvalue weighted by molar-refractivity contribution is 5.63. The Morgan fingerprint density at radius 1 is 1.00 bits per heavy atom. The van der Waals surface area contributed by atoms with E-state index in [9.17, 15) is 13.2 Å². The zero-order chi connectivity index (χ0) is 15.7. The Morgan fingerprint density at radius 3 is 2.45 bits per heavy atom. The van der Waals surface area contributed by atoms with Crippen LogP contribution in [0.15, 0.2) is 35.1 Å². The van der Waals surface area contributed by atoms with Crippen LogP contribution in [0.25, 0.3) is 22.8 Å². The Balaban J connectivity index is 1.99. The summed E-state index contributed by atoms with van der Waals surface area (Å²) in [5.41, 5.74) is 1.37. The number of rotatable bonds is 2. The second kappa shape index (κ2) is 5.17. The molecule has 0 fully saturated rings. The normalized spacial score (nSPS) is 11.6. The average molecular weight is 307 g/mol. The third kappa shape index (κ3) is 2.78. The van der Waals surface area contributed by atoms with Gasteiger partial charge in [0.2, 0.25) is 5.82 Å². The Bertz CT molecular complexity index is 815. The van der Waals surface area contributed by atoms with Crippen LogP contribution >= 0.6 is 0 Å². The number of hydrogen-bond donors (Lipinski definition) is 0. The second-order valence-electron chi connectivity index (χ2n) is 4.34. The molecule has 0 spiro atoms. The molecule has 3 aromatic rings. The molecule has 0 aliphatic carbocycles. The number of aromatic nitrogens is 5. The van der Waals surface area contributed by atoms with E-state index in [-0.39, 0.29) is 5.82 Å². The van der Waals surface area contributed by atoms with Crippen molar-refractivity contribution in [3.63, 3.8) is 0 Å². The predicted molar refractivity (Wildman–Crippen MR) is 68.3 cm³/mol. The van der Waals surface area contributed by atoms with Gasteiger partial charge in [0.25, 0.3) is 0 Å². The molecular formula is C13H8F3N5O. The summed E-state index contributed by atoms with van der Waals surface area (Å²) < 4.78 is 41.7. The molecule has 0 amide bonds. The number of nitrogens with zero attached hydrogens (tertiary/aromatic N) is 5. The van der Waals surface area contributed by atoms with Crippen LogP contribution in [-0.2, 0) is 6.18 Å². The van der Waals surface area contributed by atoms with Crippen molar-refractivity contribution in [3.8, 4) is 22.8 Å². The summed E-state index contributed by atoms with van der Waals surface area (Å²) in [5.74, 6) is -0.996. The summed E-state index contributed by atoms with van der Waals surface area (Å²) in [7, 11) is 0. The lowest BCUT2D eigenvalue weighted by Crippen LogP contribution is -2.04. The highest BCUT2D eigenvalue weighted by Gasteiger charge is 2.38. The van der Waals surface area contributed by atoms with E-state index in [1.54, 1.807) is 19.2 Å². The highest BCUT2D eigenvalue weighted by Crippen LogP contribution is 2.29. The predicted octanol–water partition coefficient (Wildman–Crippen LogP) is 2.92. The number of pyridine rings is 1. The minimum Gasteiger partial charge on any atom is -0.329 e. The Hall–Kier alpha value is -2.84. The van der Waals surface area contributed by atoms with Gasteiger partial charge in [-0.1, -0.05) is 5.16 Å². The molecule has 22 heavy (non-hydrogen) atoms. The van der Waals surface area contributed by atoms with E-state index < -0.39 is 12.1 Å². The lowest BCUT2D eigenvalue weighted by atomic mass is 10.2. The van der Waals surface area contributed by atoms with E-state index in [1.807, 2.05) is 0 Å². The van der Waals surface area contributed by atoms with Gasteiger partial charge in [-0.2, -0.15) is 18.2 Å². The standard InChI is InChI=1S/C13H8F3N5O/c1-7-17-5-3-9(19-7)10-6-8(2-4-18-10)11-20-12(22-21-11)13(14,15)16/h2-6H,1H3. The molecule has 0 N–H and O–H groups in total. The fourth-order valence-electron chi connectivity index (χ4n) is 1.76. The van der Waals surface area contributed by atoms with E-state index in [4.69, 9.17) is 0 Å². The molecule has 3 heterocycles. The first-order chi connectivity index (χ1) is 10.4. The minimum atomic E-state index is -4.68. The molecule has 0 saturated heterocycles. The summed E-state index contributed by atoms with van der Waals surface area (Å²) in [6.45, 7) is 1.72. The van der Waals surface area contributed by atoms with Crippen molar-refractivity contribution in [2.75, 3.05) is 0 Å². The van der Waals surface area contributed by atoms with Crippen molar-refractivity contribution in [1.29, 1.82) is 0 Å². The van der Waals surface area contributed by atoms with Gasteiger partial charge in [0.05, 0.1) is 11.4 Å². The fraction of sp³-hybridized carbons (Fsp3) is 0.154. The van der Waals surface area contributed by atoms with Gasteiger partial charge in [-0.05, 0) is 25.1 Å². The Kier molecular flexibility index (Phi) is 3.32. The van der Waals surface area contributed by atoms with Crippen molar-refractivity contribution in [2.45, 2.75) is 13.1 Å². The summed E-state index contributed by atoms with van der Waals surface area (Å²) in [6.07, 6.45) is -1.67. The van der Waals surface area contributed by atoms with E-state index in [0.717, 1.165) is 0 Å². The molecule has 6 nitrogen and oxygen atoms in total. The van der Waals surface area contributed by atoms with Crippen LogP contribution in [0.1, 0.15) is 11.7 Å².